The van der Waals surface area contributed by atoms with Gasteiger partial charge in [0.25, 0.3) is 0 Å². The molecule has 2 aliphatic rings. The van der Waals surface area contributed by atoms with Crippen LogP contribution >= 0.6 is 0 Å². The molecule has 0 radical (unpaired) electrons. The fourth-order valence-corrected chi connectivity index (χ4v) is 3.35. The molecule has 92 valence electrons. The molecule has 0 N–H and O–H groups in total. The molecule has 1 aromatic heterocycles. The molecule has 0 bridgehead atoms. The lowest BCUT2D eigenvalue weighted by atomic mass is 9.89. The molecule has 1 aromatic carbocycles. The summed E-state index contributed by atoms with van der Waals surface area (Å²) in [6.45, 7) is 2.06. The Bertz CT molecular complexity index is 668. The van der Waals surface area contributed by atoms with E-state index in [-0.39, 0.29) is 5.82 Å². The number of nitrogens with zero attached hydrogens (tertiary/aromatic N) is 2. The third kappa shape index (κ3) is 1.25. The van der Waals surface area contributed by atoms with Gasteiger partial charge in [0.2, 0.25) is 0 Å². The van der Waals surface area contributed by atoms with Gasteiger partial charge < -0.3 is 4.57 Å². The van der Waals surface area contributed by atoms with E-state index >= 15 is 0 Å². The van der Waals surface area contributed by atoms with Crippen LogP contribution < -0.4 is 0 Å². The lowest BCUT2D eigenvalue weighted by Crippen LogP contribution is -2.41. The van der Waals surface area contributed by atoms with Crippen LogP contribution in [0.25, 0.3) is 16.5 Å². The van der Waals surface area contributed by atoms with Crippen LogP contribution in [0.1, 0.15) is 12.0 Å². The van der Waals surface area contributed by atoms with Gasteiger partial charge in [-0.1, -0.05) is 6.08 Å². The fourth-order valence-electron chi connectivity index (χ4n) is 3.35. The molecule has 2 nitrogen and oxygen atoms in total. The van der Waals surface area contributed by atoms with Crippen molar-refractivity contribution in [1.29, 1.82) is 0 Å². The van der Waals surface area contributed by atoms with Crippen molar-refractivity contribution in [2.24, 2.45) is 0 Å². The molecule has 0 spiro atoms. The second-order valence-corrected chi connectivity index (χ2v) is 5.30. The van der Waals surface area contributed by atoms with Crippen molar-refractivity contribution in [3.63, 3.8) is 0 Å². The summed E-state index contributed by atoms with van der Waals surface area (Å²) in [7, 11) is 2.16. The van der Waals surface area contributed by atoms with Gasteiger partial charge >= 0.3 is 0 Å². The first-order chi connectivity index (χ1) is 8.74. The summed E-state index contributed by atoms with van der Waals surface area (Å²) in [5.74, 6) is -0.134. The molecule has 0 saturated heterocycles. The Kier molecular flexibility index (Phi) is 1.98. The number of hydrogen-bond donors (Lipinski definition) is 0. The first-order valence-electron chi connectivity index (χ1n) is 6.43. The summed E-state index contributed by atoms with van der Waals surface area (Å²) in [5.41, 5.74) is 3.58. The molecular formula is C15H15FN2. The van der Waals surface area contributed by atoms with E-state index < -0.39 is 0 Å². The Morgan fingerprint density at radius 3 is 3.11 bits per heavy atom. The van der Waals surface area contributed by atoms with Gasteiger partial charge in [-0.2, -0.15) is 0 Å². The maximum absolute atomic E-state index is 13.7. The molecule has 2 aromatic rings. The van der Waals surface area contributed by atoms with Gasteiger partial charge in [-0.05, 0) is 37.2 Å². The van der Waals surface area contributed by atoms with E-state index in [0.717, 1.165) is 30.5 Å². The van der Waals surface area contributed by atoms with Crippen LogP contribution in [-0.4, -0.2) is 29.1 Å². The molecule has 4 rings (SSSR count). The third-order valence-electron chi connectivity index (χ3n) is 4.24. The van der Waals surface area contributed by atoms with E-state index in [4.69, 9.17) is 0 Å². The number of halogens is 1. The predicted molar refractivity (Wildman–Crippen MR) is 70.9 cm³/mol. The molecule has 0 aliphatic carbocycles. The Balaban J connectivity index is 2.05. The Morgan fingerprint density at radius 2 is 2.22 bits per heavy atom. The fraction of sp³-hybridized carbons (Fsp3) is 0.333. The minimum absolute atomic E-state index is 0.134. The number of aromatic nitrogens is 1. The summed E-state index contributed by atoms with van der Waals surface area (Å²) >= 11 is 0. The summed E-state index contributed by atoms with van der Waals surface area (Å²) in [4.78, 5) is 2.37. The van der Waals surface area contributed by atoms with Crippen LogP contribution in [0.2, 0.25) is 0 Å². The highest BCUT2D eigenvalue weighted by Gasteiger charge is 2.30. The summed E-state index contributed by atoms with van der Waals surface area (Å²) in [5, 5.41) is 1.01. The second kappa shape index (κ2) is 3.45. The third-order valence-corrected chi connectivity index (χ3v) is 4.24. The van der Waals surface area contributed by atoms with Crippen LogP contribution in [-0.2, 0) is 6.54 Å². The van der Waals surface area contributed by atoms with Crippen molar-refractivity contribution in [2.45, 2.75) is 19.0 Å². The maximum atomic E-state index is 13.7. The van der Waals surface area contributed by atoms with Crippen LogP contribution in [0.5, 0.6) is 0 Å². The SMILES string of the molecule is CN1CCC=C2c3cc(F)cc4ccn(c34)C[C@H]21. The van der Waals surface area contributed by atoms with E-state index in [0.29, 0.717) is 6.04 Å². The van der Waals surface area contributed by atoms with Gasteiger partial charge in [-0.25, -0.2) is 4.39 Å². The lowest BCUT2D eigenvalue weighted by Gasteiger charge is -2.37. The van der Waals surface area contributed by atoms with Gasteiger partial charge in [0.05, 0.1) is 11.6 Å². The summed E-state index contributed by atoms with van der Waals surface area (Å²) in [6, 6.07) is 5.72. The molecule has 1 atom stereocenters. The number of hydrogen-bond acceptors (Lipinski definition) is 1. The smallest absolute Gasteiger partial charge is 0.124 e. The summed E-state index contributed by atoms with van der Waals surface area (Å²) < 4.78 is 16.0. The van der Waals surface area contributed by atoms with E-state index in [1.807, 2.05) is 6.07 Å². The van der Waals surface area contributed by atoms with Crippen molar-refractivity contribution in [3.8, 4) is 0 Å². The van der Waals surface area contributed by atoms with Crippen LogP contribution in [0.4, 0.5) is 4.39 Å². The average Bonchev–Trinajstić information content (AvgIpc) is 2.75. The standard InChI is InChI=1S/C15H15FN2/c1-17-5-2-3-12-13-8-11(16)7-10-4-6-18(15(10)13)9-14(12)17/h3-4,6-8,14H,2,5,9H2,1H3/t14-/m1/s1. The molecule has 0 saturated carbocycles. The highest BCUT2D eigenvalue weighted by molar-refractivity contribution is 5.94. The number of rotatable bonds is 0. The molecule has 3 heteroatoms. The van der Waals surface area contributed by atoms with Gasteiger partial charge in [0.15, 0.2) is 0 Å². The average molecular weight is 242 g/mol. The molecule has 0 amide bonds. The molecule has 18 heavy (non-hydrogen) atoms. The zero-order valence-electron chi connectivity index (χ0n) is 10.4. The first kappa shape index (κ1) is 10.3. The van der Waals surface area contributed by atoms with Crippen molar-refractivity contribution >= 4 is 16.5 Å². The normalized spacial score (nSPS) is 23.0. The van der Waals surface area contributed by atoms with Crippen molar-refractivity contribution in [3.05, 3.63) is 41.9 Å². The highest BCUT2D eigenvalue weighted by Crippen LogP contribution is 2.37. The topological polar surface area (TPSA) is 8.17 Å². The van der Waals surface area contributed by atoms with E-state index in [9.17, 15) is 4.39 Å². The van der Waals surface area contributed by atoms with Gasteiger partial charge in [0, 0.05) is 30.2 Å². The minimum Gasteiger partial charge on any atom is -0.345 e. The number of likely N-dealkylation sites (N-methyl/N-ethyl adjacent to an activating group) is 1. The Hall–Kier alpha value is -1.61. The van der Waals surface area contributed by atoms with Crippen molar-refractivity contribution in [1.82, 2.24) is 9.47 Å². The monoisotopic (exact) mass is 242 g/mol. The quantitative estimate of drug-likeness (QED) is 0.689. The van der Waals surface area contributed by atoms with E-state index in [2.05, 4.69) is 28.8 Å². The zero-order chi connectivity index (χ0) is 12.3. The first-order valence-corrected chi connectivity index (χ1v) is 6.43. The molecule has 0 unspecified atom stereocenters. The summed E-state index contributed by atoms with van der Waals surface area (Å²) in [6.07, 6.45) is 5.42. The molecular weight excluding hydrogens is 227 g/mol. The number of benzene rings is 1. The molecule has 2 aliphatic heterocycles. The zero-order valence-corrected chi connectivity index (χ0v) is 10.4. The van der Waals surface area contributed by atoms with Crippen LogP contribution in [0.3, 0.4) is 0 Å². The second-order valence-electron chi connectivity index (χ2n) is 5.30. The van der Waals surface area contributed by atoms with Crippen LogP contribution in [0.15, 0.2) is 30.5 Å². The van der Waals surface area contributed by atoms with E-state index in [1.165, 1.54) is 11.1 Å². The molecule has 0 fully saturated rings. The predicted octanol–water partition coefficient (Wildman–Crippen LogP) is 2.88. The van der Waals surface area contributed by atoms with E-state index in [1.54, 1.807) is 12.1 Å². The van der Waals surface area contributed by atoms with Gasteiger partial charge in [0.1, 0.15) is 5.82 Å². The minimum atomic E-state index is -0.134. The maximum Gasteiger partial charge on any atom is 0.124 e. The largest absolute Gasteiger partial charge is 0.345 e. The van der Waals surface area contributed by atoms with Crippen molar-refractivity contribution in [2.75, 3.05) is 13.6 Å². The molecule has 3 heterocycles. The van der Waals surface area contributed by atoms with Crippen molar-refractivity contribution < 1.29 is 4.39 Å². The number of fused-ring (bicyclic) bond motifs is 2. The Labute approximate surface area is 105 Å². The van der Waals surface area contributed by atoms with Gasteiger partial charge in [-0.15, -0.1) is 0 Å². The lowest BCUT2D eigenvalue weighted by molar-refractivity contribution is 0.260. The van der Waals surface area contributed by atoms with Crippen LogP contribution in [0, 0.1) is 5.82 Å². The highest BCUT2D eigenvalue weighted by atomic mass is 19.1. The van der Waals surface area contributed by atoms with Gasteiger partial charge in [-0.3, -0.25) is 4.90 Å². The Morgan fingerprint density at radius 1 is 1.33 bits per heavy atom.